The minimum atomic E-state index is -1.40. The number of hydrogen-bond donors (Lipinski definition) is 4. The Morgan fingerprint density at radius 2 is 1.84 bits per heavy atom. The van der Waals surface area contributed by atoms with E-state index < -0.39 is 42.5 Å². The number of amides is 1. The smallest absolute Gasteiger partial charge is 0.323 e. The molecular weight excluding hydrogens is 839 g/mol. The van der Waals surface area contributed by atoms with Crippen molar-refractivity contribution in [1.82, 2.24) is 14.8 Å². The Kier molecular flexibility index (Phi) is 9.79. The van der Waals surface area contributed by atoms with Crippen molar-refractivity contribution in [2.24, 2.45) is 11.5 Å². The van der Waals surface area contributed by atoms with Gasteiger partial charge in [-0.1, -0.05) is 6.07 Å². The number of aliphatic hydroxyl groups is 2. The second kappa shape index (κ2) is 12.7. The zero-order valence-electron chi connectivity index (χ0n) is 19.4. The Morgan fingerprint density at radius 3 is 2.47 bits per heavy atom. The molecule has 2 aromatic carbocycles. The highest BCUT2D eigenvalue weighted by Crippen LogP contribution is 2.34. The van der Waals surface area contributed by atoms with Gasteiger partial charge in [0.1, 0.15) is 43.0 Å². The molecule has 1 aliphatic rings. The molecule has 38 heavy (non-hydrogen) atoms. The molecule has 1 aliphatic heterocycles. The Hall–Kier alpha value is -1.65. The first-order valence-corrected chi connectivity index (χ1v) is 14.3. The maximum absolute atomic E-state index is 12.6. The van der Waals surface area contributed by atoms with E-state index in [-0.39, 0.29) is 18.9 Å². The van der Waals surface area contributed by atoms with Crippen molar-refractivity contribution >= 4 is 79.6 Å². The van der Waals surface area contributed by atoms with Gasteiger partial charge in [0, 0.05) is 3.57 Å². The van der Waals surface area contributed by atoms with Crippen LogP contribution in [0.15, 0.2) is 42.7 Å². The van der Waals surface area contributed by atoms with E-state index in [9.17, 15) is 19.8 Å². The van der Waals surface area contributed by atoms with E-state index in [0.29, 0.717) is 5.75 Å². The van der Waals surface area contributed by atoms with Crippen molar-refractivity contribution in [1.29, 1.82) is 0 Å². The molecule has 0 aliphatic carbocycles. The highest BCUT2D eigenvalue weighted by Gasteiger charge is 2.45. The highest BCUT2D eigenvalue weighted by molar-refractivity contribution is 14.1. The van der Waals surface area contributed by atoms with Crippen molar-refractivity contribution in [3.8, 4) is 11.5 Å². The number of esters is 1. The molecule has 0 bridgehead atoms. The Morgan fingerprint density at radius 1 is 1.13 bits per heavy atom. The Bertz CT molecular complexity index is 1320. The molecule has 12 nitrogen and oxygen atoms in total. The van der Waals surface area contributed by atoms with Crippen LogP contribution in [0.3, 0.4) is 0 Å². The van der Waals surface area contributed by atoms with Crippen LogP contribution in [0.5, 0.6) is 11.5 Å². The normalized spacial score (nSPS) is 21.7. The number of ether oxygens (including phenoxy) is 3. The molecule has 5 atom stereocenters. The van der Waals surface area contributed by atoms with Crippen LogP contribution in [0.2, 0.25) is 0 Å². The van der Waals surface area contributed by atoms with Gasteiger partial charge in [0.15, 0.2) is 12.0 Å². The monoisotopic (exact) mass is 861 g/mol. The van der Waals surface area contributed by atoms with E-state index in [1.165, 1.54) is 0 Å². The van der Waals surface area contributed by atoms with Crippen LogP contribution in [-0.2, 0) is 20.7 Å². The van der Waals surface area contributed by atoms with Gasteiger partial charge in [0.25, 0.3) is 5.91 Å². The molecule has 202 valence electrons. The van der Waals surface area contributed by atoms with Crippen molar-refractivity contribution in [2.75, 3.05) is 6.61 Å². The molecule has 2 heterocycles. The van der Waals surface area contributed by atoms with Crippen LogP contribution in [-0.4, -0.2) is 67.8 Å². The van der Waals surface area contributed by atoms with Crippen molar-refractivity contribution in [3.05, 3.63) is 64.8 Å². The van der Waals surface area contributed by atoms with Crippen molar-refractivity contribution in [2.45, 2.75) is 37.0 Å². The molecule has 0 radical (unpaired) electrons. The van der Waals surface area contributed by atoms with Crippen LogP contribution in [0.1, 0.15) is 22.4 Å². The summed E-state index contributed by atoms with van der Waals surface area (Å²) in [6.45, 7) is -0.351. The van der Waals surface area contributed by atoms with Gasteiger partial charge in [-0.15, -0.1) is 5.10 Å². The van der Waals surface area contributed by atoms with E-state index in [4.69, 9.17) is 25.7 Å². The first kappa shape index (κ1) is 29.3. The second-order valence-electron chi connectivity index (χ2n) is 8.35. The van der Waals surface area contributed by atoms with Gasteiger partial charge >= 0.3 is 5.97 Å². The summed E-state index contributed by atoms with van der Waals surface area (Å²) in [5, 5.41) is 24.5. The molecule has 0 saturated carbocycles. The Labute approximate surface area is 257 Å². The molecule has 6 N–H and O–H groups in total. The number of nitrogens with two attached hydrogens (primary N) is 2. The predicted molar refractivity (Wildman–Crippen MR) is 158 cm³/mol. The maximum Gasteiger partial charge on any atom is 0.323 e. The van der Waals surface area contributed by atoms with Crippen LogP contribution >= 0.6 is 67.8 Å². The summed E-state index contributed by atoms with van der Waals surface area (Å²) >= 11 is 6.57. The molecule has 1 aromatic heterocycles. The molecule has 0 unspecified atom stereocenters. The summed E-state index contributed by atoms with van der Waals surface area (Å²) in [7, 11) is 0. The molecule has 15 heteroatoms. The number of primary amides is 1. The summed E-state index contributed by atoms with van der Waals surface area (Å²) in [5.74, 6) is -0.381. The summed E-state index contributed by atoms with van der Waals surface area (Å²) in [6.07, 6.45) is -3.63. The van der Waals surface area contributed by atoms with E-state index in [1.54, 1.807) is 0 Å². The molecule has 4 rings (SSSR count). The summed E-state index contributed by atoms with van der Waals surface area (Å²) < 4.78 is 20.8. The summed E-state index contributed by atoms with van der Waals surface area (Å²) in [5.41, 5.74) is 12.0. The van der Waals surface area contributed by atoms with E-state index in [0.717, 1.165) is 33.0 Å². The summed E-state index contributed by atoms with van der Waals surface area (Å²) in [4.78, 5) is 27.5. The van der Waals surface area contributed by atoms with E-state index in [2.05, 4.69) is 77.9 Å². The number of aliphatic hydroxyl groups excluding tert-OH is 2. The van der Waals surface area contributed by atoms with Gasteiger partial charge < -0.3 is 35.9 Å². The number of benzene rings is 2. The van der Waals surface area contributed by atoms with Gasteiger partial charge in [-0.2, -0.15) is 0 Å². The molecular formula is C23H22I3N5O7. The largest absolute Gasteiger partial charge is 0.462 e. The molecule has 1 saturated heterocycles. The minimum absolute atomic E-state index is 0.211. The number of carbonyl (C=O) groups excluding carboxylic acids is 2. The van der Waals surface area contributed by atoms with Gasteiger partial charge in [0.05, 0.1) is 7.14 Å². The number of nitrogens with zero attached hydrogens (tertiary/aromatic N) is 3. The second-order valence-corrected chi connectivity index (χ2v) is 11.9. The van der Waals surface area contributed by atoms with Gasteiger partial charge in [-0.25, -0.2) is 9.67 Å². The summed E-state index contributed by atoms with van der Waals surface area (Å²) in [6, 6.07) is 10.5. The minimum Gasteiger partial charge on any atom is -0.462 e. The third kappa shape index (κ3) is 6.91. The first-order chi connectivity index (χ1) is 18.0. The van der Waals surface area contributed by atoms with Crippen LogP contribution < -0.4 is 16.2 Å². The lowest BCUT2D eigenvalue weighted by Crippen LogP contribution is -2.38. The quantitative estimate of drug-likeness (QED) is 0.183. The number of aromatic nitrogens is 3. The number of hydrogen-bond acceptors (Lipinski definition) is 10. The predicted octanol–water partition coefficient (Wildman–Crippen LogP) is 1.72. The fourth-order valence-electron chi connectivity index (χ4n) is 3.68. The average Bonchev–Trinajstić information content (AvgIpc) is 3.45. The van der Waals surface area contributed by atoms with Gasteiger partial charge in [0.2, 0.25) is 5.82 Å². The topological polar surface area (TPSA) is 185 Å². The Balaban J connectivity index is 1.33. The number of carbonyl (C=O) groups is 2. The third-order valence-corrected chi connectivity index (χ3v) is 7.82. The lowest BCUT2D eigenvalue weighted by molar-refractivity contribution is -0.151. The first-order valence-electron chi connectivity index (χ1n) is 11.1. The fourth-order valence-corrected chi connectivity index (χ4v) is 6.31. The molecule has 3 aromatic rings. The van der Waals surface area contributed by atoms with E-state index in [1.807, 2.05) is 36.4 Å². The maximum atomic E-state index is 12.6. The lowest BCUT2D eigenvalue weighted by atomic mass is 10.1. The van der Waals surface area contributed by atoms with Crippen LogP contribution in [0.4, 0.5) is 0 Å². The lowest BCUT2D eigenvalue weighted by Gasteiger charge is -2.17. The molecule has 1 fully saturated rings. The number of halogens is 3. The third-order valence-electron chi connectivity index (χ3n) is 5.55. The molecule has 1 amide bonds. The van der Waals surface area contributed by atoms with Crippen LogP contribution in [0.25, 0.3) is 0 Å². The van der Waals surface area contributed by atoms with Gasteiger partial charge in [-0.05, 0) is 110 Å². The molecule has 0 spiro atoms. The zero-order valence-corrected chi connectivity index (χ0v) is 25.9. The van der Waals surface area contributed by atoms with E-state index >= 15 is 0 Å². The number of rotatable bonds is 9. The average molecular weight is 861 g/mol. The van der Waals surface area contributed by atoms with Gasteiger partial charge in [-0.3, -0.25) is 9.59 Å². The van der Waals surface area contributed by atoms with Crippen LogP contribution in [0, 0.1) is 10.7 Å². The fraction of sp³-hybridized carbons (Fsp3) is 0.304. The SMILES string of the molecule is NC(=O)c1ncn([C@@H]2O[C@H](COC(=O)[C@H](N)Cc3cc(I)c(Oc4cccc(I)c4)c(I)c3)[C@@H](O)[C@H]2O)n1. The highest BCUT2D eigenvalue weighted by atomic mass is 127. The van der Waals surface area contributed by atoms with Crippen molar-refractivity contribution < 1.29 is 34.0 Å². The van der Waals surface area contributed by atoms with Crippen molar-refractivity contribution in [3.63, 3.8) is 0 Å². The standard InChI is InChI=1S/C23H22I3N5O7/c24-11-2-1-3-12(7-11)37-19-13(25)4-10(5-14(19)26)6-15(27)23(35)36-8-16-17(32)18(33)22(38-16)31-9-29-21(30-31)20(28)34/h1-5,7,9,15-18,22,32-33H,6,8,27H2,(H2,28,34)/t15-,16-,17-,18-,22-/m1/s1. The zero-order chi connectivity index (χ0) is 27.6.